The molecule has 9 heteroatoms. The number of nitrogens with zero attached hydrogens (tertiary/aromatic N) is 1. The molecule has 0 heterocycles. The van der Waals surface area contributed by atoms with Crippen molar-refractivity contribution in [1.29, 1.82) is 0 Å². The van der Waals surface area contributed by atoms with E-state index in [0.29, 0.717) is 0 Å². The van der Waals surface area contributed by atoms with E-state index in [1.807, 2.05) is 0 Å². The van der Waals surface area contributed by atoms with Crippen molar-refractivity contribution in [3.63, 3.8) is 0 Å². The first-order valence-electron chi connectivity index (χ1n) is 6.35. The Hall–Kier alpha value is -1.71. The van der Waals surface area contributed by atoms with E-state index < -0.39 is 31.6 Å². The number of aliphatic hydroxyl groups excluding tert-OH is 1. The van der Waals surface area contributed by atoms with Gasteiger partial charge in [0.05, 0.1) is 24.2 Å². The van der Waals surface area contributed by atoms with Crippen LogP contribution in [0.2, 0.25) is 0 Å². The molecule has 1 saturated carbocycles. The molecule has 1 aromatic rings. The zero-order chi connectivity index (χ0) is 15.6. The Labute approximate surface area is 121 Å². The van der Waals surface area contributed by atoms with E-state index in [0.717, 1.165) is 25.0 Å². The van der Waals surface area contributed by atoms with Crippen LogP contribution < -0.4 is 9.46 Å². The van der Waals surface area contributed by atoms with E-state index in [4.69, 9.17) is 4.74 Å². The molecular weight excluding hydrogens is 300 g/mol. The molecule has 21 heavy (non-hydrogen) atoms. The summed E-state index contributed by atoms with van der Waals surface area (Å²) in [7, 11) is -2.74. The second-order valence-corrected chi connectivity index (χ2v) is 6.58. The Bertz CT molecular complexity index is 641. The van der Waals surface area contributed by atoms with Crippen LogP contribution in [0.1, 0.15) is 12.8 Å². The van der Waals surface area contributed by atoms with Gasteiger partial charge < -0.3 is 9.84 Å². The second-order valence-electron chi connectivity index (χ2n) is 4.85. The molecular formula is C12H16N2O6S. The molecule has 0 aromatic heterocycles. The van der Waals surface area contributed by atoms with Gasteiger partial charge in [-0.05, 0) is 30.9 Å². The molecule has 0 spiro atoms. The number of nitro groups is 1. The SMILES string of the molecule is COc1ccc(S(=O)(=O)NCC(O)C2CC2)c([N+](=O)[O-])c1. The number of ether oxygens (including phenoxy) is 1. The maximum Gasteiger partial charge on any atom is 0.293 e. The van der Waals surface area contributed by atoms with Crippen molar-refractivity contribution >= 4 is 15.7 Å². The van der Waals surface area contributed by atoms with Crippen LogP contribution in [-0.2, 0) is 10.0 Å². The smallest absolute Gasteiger partial charge is 0.293 e. The highest BCUT2D eigenvalue weighted by atomic mass is 32.2. The first-order valence-corrected chi connectivity index (χ1v) is 7.83. The number of benzene rings is 1. The summed E-state index contributed by atoms with van der Waals surface area (Å²) in [5.74, 6) is 0.303. The fourth-order valence-electron chi connectivity index (χ4n) is 1.91. The van der Waals surface area contributed by atoms with E-state index >= 15 is 0 Å². The highest BCUT2D eigenvalue weighted by Gasteiger charge is 2.32. The quantitative estimate of drug-likeness (QED) is 0.563. The number of sulfonamides is 1. The summed E-state index contributed by atoms with van der Waals surface area (Å²) in [5.41, 5.74) is -0.567. The summed E-state index contributed by atoms with van der Waals surface area (Å²) in [6.07, 6.45) is 0.967. The summed E-state index contributed by atoms with van der Waals surface area (Å²) in [6, 6.07) is 3.49. The first-order chi connectivity index (χ1) is 9.85. The van der Waals surface area contributed by atoms with E-state index in [-0.39, 0.29) is 18.2 Å². The molecule has 1 aromatic carbocycles. The van der Waals surface area contributed by atoms with Crippen LogP contribution in [0.25, 0.3) is 0 Å². The van der Waals surface area contributed by atoms with Crippen LogP contribution in [-0.4, -0.2) is 38.2 Å². The molecule has 116 valence electrons. The molecule has 0 aliphatic heterocycles. The average Bonchev–Trinajstić information content (AvgIpc) is 3.28. The van der Waals surface area contributed by atoms with Gasteiger partial charge in [0, 0.05) is 6.54 Å². The topological polar surface area (TPSA) is 119 Å². The molecule has 0 saturated heterocycles. The Balaban J connectivity index is 2.23. The summed E-state index contributed by atoms with van der Waals surface area (Å²) in [5, 5.41) is 20.7. The normalized spacial score (nSPS) is 16.5. The Morgan fingerprint density at radius 3 is 2.71 bits per heavy atom. The fourth-order valence-corrected chi connectivity index (χ4v) is 3.12. The fraction of sp³-hybridized carbons (Fsp3) is 0.500. The standard InChI is InChI=1S/C12H16N2O6S/c1-20-9-4-5-12(10(6-9)14(16)17)21(18,19)13-7-11(15)8-2-3-8/h4-6,8,11,13,15H,2-3,7H2,1H3. The number of methoxy groups -OCH3 is 1. The van der Waals surface area contributed by atoms with Crippen molar-refractivity contribution in [1.82, 2.24) is 4.72 Å². The maximum absolute atomic E-state index is 12.1. The number of nitrogens with one attached hydrogen (secondary N) is 1. The largest absolute Gasteiger partial charge is 0.497 e. The van der Waals surface area contributed by atoms with Gasteiger partial charge in [0.2, 0.25) is 10.0 Å². The van der Waals surface area contributed by atoms with Crippen molar-refractivity contribution in [3.05, 3.63) is 28.3 Å². The predicted molar refractivity (Wildman–Crippen MR) is 73.6 cm³/mol. The van der Waals surface area contributed by atoms with Crippen LogP contribution in [0, 0.1) is 16.0 Å². The van der Waals surface area contributed by atoms with Gasteiger partial charge >= 0.3 is 0 Å². The number of rotatable bonds is 7. The van der Waals surface area contributed by atoms with E-state index in [1.54, 1.807) is 0 Å². The molecule has 0 bridgehead atoms. The number of nitro benzene ring substituents is 1. The maximum atomic E-state index is 12.1. The summed E-state index contributed by atoms with van der Waals surface area (Å²) < 4.78 is 31.3. The van der Waals surface area contributed by atoms with Crippen molar-refractivity contribution in [3.8, 4) is 5.75 Å². The molecule has 0 amide bonds. The number of hydrogen-bond donors (Lipinski definition) is 2. The number of hydrogen-bond acceptors (Lipinski definition) is 6. The van der Waals surface area contributed by atoms with Gasteiger partial charge in [0.1, 0.15) is 5.75 Å². The number of aliphatic hydroxyl groups is 1. The zero-order valence-corrected chi connectivity index (χ0v) is 12.2. The highest BCUT2D eigenvalue weighted by molar-refractivity contribution is 7.89. The second kappa shape index (κ2) is 5.96. The van der Waals surface area contributed by atoms with E-state index in [1.165, 1.54) is 13.2 Å². The van der Waals surface area contributed by atoms with Crippen LogP contribution in [0.15, 0.2) is 23.1 Å². The Kier molecular flexibility index (Phi) is 4.45. The summed E-state index contributed by atoms with van der Waals surface area (Å²) in [6.45, 7) is -0.157. The molecule has 2 rings (SSSR count). The molecule has 1 unspecified atom stereocenters. The monoisotopic (exact) mass is 316 g/mol. The van der Waals surface area contributed by atoms with Crippen molar-refractivity contribution < 1.29 is 23.2 Å². The molecule has 8 nitrogen and oxygen atoms in total. The van der Waals surface area contributed by atoms with Crippen LogP contribution in [0.5, 0.6) is 5.75 Å². The third-order valence-corrected chi connectivity index (χ3v) is 4.77. The third-order valence-electron chi connectivity index (χ3n) is 3.30. The minimum absolute atomic E-state index is 0.110. The van der Waals surface area contributed by atoms with Crippen LogP contribution in [0.3, 0.4) is 0 Å². The van der Waals surface area contributed by atoms with Gasteiger partial charge in [0.15, 0.2) is 4.90 Å². The zero-order valence-electron chi connectivity index (χ0n) is 11.4. The third kappa shape index (κ3) is 3.69. The minimum Gasteiger partial charge on any atom is -0.497 e. The lowest BCUT2D eigenvalue weighted by Crippen LogP contribution is -2.33. The lowest BCUT2D eigenvalue weighted by atomic mass is 10.2. The van der Waals surface area contributed by atoms with Gasteiger partial charge in [-0.1, -0.05) is 0 Å². The predicted octanol–water partition coefficient (Wildman–Crippen LogP) is 0.653. The Morgan fingerprint density at radius 2 is 2.19 bits per heavy atom. The average molecular weight is 316 g/mol. The highest BCUT2D eigenvalue weighted by Crippen LogP contribution is 2.33. The lowest BCUT2D eigenvalue weighted by molar-refractivity contribution is -0.387. The molecule has 0 radical (unpaired) electrons. The van der Waals surface area contributed by atoms with Gasteiger partial charge in [-0.15, -0.1) is 0 Å². The Morgan fingerprint density at radius 1 is 1.52 bits per heavy atom. The molecule has 1 fully saturated rings. The molecule has 1 aliphatic carbocycles. The summed E-state index contributed by atoms with van der Waals surface area (Å²) >= 11 is 0. The van der Waals surface area contributed by atoms with Crippen LogP contribution >= 0.6 is 0 Å². The summed E-state index contributed by atoms with van der Waals surface area (Å²) in [4.78, 5) is 9.77. The van der Waals surface area contributed by atoms with Crippen molar-refractivity contribution in [2.24, 2.45) is 5.92 Å². The molecule has 2 N–H and O–H groups in total. The van der Waals surface area contributed by atoms with Crippen LogP contribution in [0.4, 0.5) is 5.69 Å². The van der Waals surface area contributed by atoms with Gasteiger partial charge in [0.25, 0.3) is 5.69 Å². The van der Waals surface area contributed by atoms with Gasteiger partial charge in [-0.3, -0.25) is 10.1 Å². The minimum atomic E-state index is -4.07. The van der Waals surface area contributed by atoms with Crippen molar-refractivity contribution in [2.45, 2.75) is 23.8 Å². The van der Waals surface area contributed by atoms with Crippen molar-refractivity contribution in [2.75, 3.05) is 13.7 Å². The lowest BCUT2D eigenvalue weighted by Gasteiger charge is -2.11. The van der Waals surface area contributed by atoms with E-state index in [9.17, 15) is 23.6 Å². The van der Waals surface area contributed by atoms with E-state index in [2.05, 4.69) is 4.72 Å². The van der Waals surface area contributed by atoms with Gasteiger partial charge in [-0.25, -0.2) is 13.1 Å². The molecule has 1 aliphatic rings. The molecule has 1 atom stereocenters. The first kappa shape index (κ1) is 15.7. The van der Waals surface area contributed by atoms with Gasteiger partial charge in [-0.2, -0.15) is 0 Å².